The van der Waals surface area contributed by atoms with E-state index in [2.05, 4.69) is 17.1 Å². The molecule has 3 rings (SSSR count). The molecule has 1 aromatic heterocycles. The minimum atomic E-state index is -0.288. The van der Waals surface area contributed by atoms with Gasteiger partial charge in [0, 0.05) is 30.8 Å². The molecule has 3 atom stereocenters. The lowest BCUT2D eigenvalue weighted by atomic mass is 9.88. The smallest absolute Gasteiger partial charge is 0.252 e. The molecule has 22 heavy (non-hydrogen) atoms. The first-order valence-electron chi connectivity index (χ1n) is 8.62. The van der Waals surface area contributed by atoms with Gasteiger partial charge in [-0.05, 0) is 25.2 Å². The van der Waals surface area contributed by atoms with Crippen LogP contribution >= 0.6 is 0 Å². The maximum Gasteiger partial charge on any atom is 0.252 e. The third-order valence-electron chi connectivity index (χ3n) is 5.00. The molecule has 2 heterocycles. The van der Waals surface area contributed by atoms with Crippen LogP contribution in [0.5, 0.6) is 0 Å². The standard InChI is InChI=1S/C17H27N3O2/c1-3-16(22-14-6-4-5-12(2)9-14)17(21)20-8-7-15-13(11-20)10-18-19-15/h10,12,14,16H,3-9,11H2,1-2H3,(H,18,19). The Bertz CT molecular complexity index is 514. The summed E-state index contributed by atoms with van der Waals surface area (Å²) >= 11 is 0. The fourth-order valence-electron chi connectivity index (χ4n) is 3.68. The molecule has 0 saturated heterocycles. The minimum absolute atomic E-state index is 0.146. The van der Waals surface area contributed by atoms with Gasteiger partial charge in [0.1, 0.15) is 6.10 Å². The Labute approximate surface area is 132 Å². The zero-order chi connectivity index (χ0) is 15.5. The van der Waals surface area contributed by atoms with Crippen LogP contribution < -0.4 is 0 Å². The van der Waals surface area contributed by atoms with Crippen LogP contribution in [0.3, 0.4) is 0 Å². The number of hydrogen-bond acceptors (Lipinski definition) is 3. The molecular formula is C17H27N3O2. The third-order valence-corrected chi connectivity index (χ3v) is 5.00. The molecule has 0 radical (unpaired) electrons. The number of carbonyl (C=O) groups excluding carboxylic acids is 1. The van der Waals surface area contributed by atoms with Crippen molar-refractivity contribution in [2.75, 3.05) is 6.54 Å². The van der Waals surface area contributed by atoms with E-state index in [4.69, 9.17) is 4.74 Å². The summed E-state index contributed by atoms with van der Waals surface area (Å²) < 4.78 is 6.18. The monoisotopic (exact) mass is 305 g/mol. The number of H-pyrrole nitrogens is 1. The number of carbonyl (C=O) groups is 1. The number of ether oxygens (including phenoxy) is 1. The fourth-order valence-corrected chi connectivity index (χ4v) is 3.68. The summed E-state index contributed by atoms with van der Waals surface area (Å²) in [5.74, 6) is 0.863. The van der Waals surface area contributed by atoms with Crippen molar-refractivity contribution in [3.8, 4) is 0 Å². The van der Waals surface area contributed by atoms with Gasteiger partial charge in [-0.2, -0.15) is 5.10 Å². The largest absolute Gasteiger partial charge is 0.365 e. The first-order chi connectivity index (χ1) is 10.7. The third kappa shape index (κ3) is 3.35. The van der Waals surface area contributed by atoms with Crippen LogP contribution in [0.4, 0.5) is 0 Å². The topological polar surface area (TPSA) is 58.2 Å². The summed E-state index contributed by atoms with van der Waals surface area (Å²) in [6.45, 7) is 5.74. The van der Waals surface area contributed by atoms with Crippen molar-refractivity contribution in [3.05, 3.63) is 17.5 Å². The molecule has 3 unspecified atom stereocenters. The van der Waals surface area contributed by atoms with Gasteiger partial charge in [0.2, 0.25) is 0 Å². The number of fused-ring (bicyclic) bond motifs is 1. The minimum Gasteiger partial charge on any atom is -0.365 e. The fraction of sp³-hybridized carbons (Fsp3) is 0.765. The molecule has 5 heteroatoms. The molecule has 122 valence electrons. The van der Waals surface area contributed by atoms with Gasteiger partial charge >= 0.3 is 0 Å². The second-order valence-corrected chi connectivity index (χ2v) is 6.81. The average Bonchev–Trinajstić information content (AvgIpc) is 2.99. The van der Waals surface area contributed by atoms with E-state index in [1.807, 2.05) is 18.0 Å². The van der Waals surface area contributed by atoms with Crippen molar-refractivity contribution in [2.45, 2.75) is 71.1 Å². The van der Waals surface area contributed by atoms with Crippen LogP contribution in [0.1, 0.15) is 57.2 Å². The Morgan fingerprint density at radius 2 is 2.41 bits per heavy atom. The Hall–Kier alpha value is -1.36. The molecule has 1 aromatic rings. The second-order valence-electron chi connectivity index (χ2n) is 6.81. The number of nitrogens with one attached hydrogen (secondary N) is 1. The molecule has 1 saturated carbocycles. The normalized spacial score (nSPS) is 26.5. The number of amides is 1. The molecule has 2 aliphatic rings. The maximum absolute atomic E-state index is 12.8. The van der Waals surface area contributed by atoms with Gasteiger partial charge in [-0.1, -0.05) is 26.7 Å². The van der Waals surface area contributed by atoms with E-state index in [1.54, 1.807) is 0 Å². The van der Waals surface area contributed by atoms with Crippen LogP contribution in [0.15, 0.2) is 6.20 Å². The van der Waals surface area contributed by atoms with Gasteiger partial charge in [0.15, 0.2) is 0 Å². The number of hydrogen-bond donors (Lipinski definition) is 1. The van der Waals surface area contributed by atoms with E-state index >= 15 is 0 Å². The zero-order valence-corrected chi connectivity index (χ0v) is 13.7. The molecule has 0 spiro atoms. The van der Waals surface area contributed by atoms with E-state index in [-0.39, 0.29) is 18.1 Å². The lowest BCUT2D eigenvalue weighted by Crippen LogP contribution is -2.44. The second kappa shape index (κ2) is 6.82. The zero-order valence-electron chi connectivity index (χ0n) is 13.7. The lowest BCUT2D eigenvalue weighted by Gasteiger charge is -2.33. The maximum atomic E-state index is 12.8. The molecule has 1 amide bonds. The SMILES string of the molecule is CCC(OC1CCCC(C)C1)C(=O)N1CCc2[nH]ncc2C1. The molecular weight excluding hydrogens is 278 g/mol. The Morgan fingerprint density at radius 3 is 3.18 bits per heavy atom. The van der Waals surface area contributed by atoms with Crippen LogP contribution in [0.2, 0.25) is 0 Å². The molecule has 5 nitrogen and oxygen atoms in total. The van der Waals surface area contributed by atoms with Gasteiger partial charge in [-0.25, -0.2) is 0 Å². The Balaban J connectivity index is 1.60. The predicted molar refractivity (Wildman–Crippen MR) is 84.3 cm³/mol. The Morgan fingerprint density at radius 1 is 1.55 bits per heavy atom. The summed E-state index contributed by atoms with van der Waals surface area (Å²) in [4.78, 5) is 14.7. The lowest BCUT2D eigenvalue weighted by molar-refractivity contribution is -0.150. The van der Waals surface area contributed by atoms with E-state index in [1.165, 1.54) is 18.5 Å². The highest BCUT2D eigenvalue weighted by molar-refractivity contribution is 5.81. The van der Waals surface area contributed by atoms with Gasteiger partial charge in [-0.15, -0.1) is 0 Å². The van der Waals surface area contributed by atoms with Gasteiger partial charge < -0.3 is 9.64 Å². The highest BCUT2D eigenvalue weighted by Gasteiger charge is 2.30. The Kier molecular flexibility index (Phi) is 4.81. The molecule has 1 fully saturated rings. The summed E-state index contributed by atoms with van der Waals surface area (Å²) in [5, 5.41) is 7.08. The van der Waals surface area contributed by atoms with E-state index in [0.29, 0.717) is 6.54 Å². The van der Waals surface area contributed by atoms with Crippen molar-refractivity contribution in [1.82, 2.24) is 15.1 Å². The number of aromatic nitrogens is 2. The summed E-state index contributed by atoms with van der Waals surface area (Å²) in [6.07, 6.45) is 8.11. The molecule has 1 N–H and O–H groups in total. The van der Waals surface area contributed by atoms with Gasteiger partial charge in [-0.3, -0.25) is 9.89 Å². The van der Waals surface area contributed by atoms with Gasteiger partial charge in [0.05, 0.1) is 12.3 Å². The first-order valence-corrected chi connectivity index (χ1v) is 8.62. The number of aromatic amines is 1. The van der Waals surface area contributed by atoms with Crippen LogP contribution in [-0.4, -0.2) is 39.8 Å². The van der Waals surface area contributed by atoms with E-state index in [0.717, 1.165) is 43.7 Å². The van der Waals surface area contributed by atoms with Crippen LogP contribution in [0, 0.1) is 5.92 Å². The van der Waals surface area contributed by atoms with Crippen molar-refractivity contribution in [2.24, 2.45) is 5.92 Å². The van der Waals surface area contributed by atoms with Crippen molar-refractivity contribution >= 4 is 5.91 Å². The summed E-state index contributed by atoms with van der Waals surface area (Å²) in [5.41, 5.74) is 2.31. The number of nitrogens with zero attached hydrogens (tertiary/aromatic N) is 2. The van der Waals surface area contributed by atoms with E-state index < -0.39 is 0 Å². The average molecular weight is 305 g/mol. The highest BCUT2D eigenvalue weighted by atomic mass is 16.5. The summed E-state index contributed by atoms with van der Waals surface area (Å²) in [7, 11) is 0. The summed E-state index contributed by atoms with van der Waals surface area (Å²) in [6, 6.07) is 0. The van der Waals surface area contributed by atoms with Crippen LogP contribution in [-0.2, 0) is 22.5 Å². The molecule has 0 aromatic carbocycles. The van der Waals surface area contributed by atoms with E-state index in [9.17, 15) is 4.79 Å². The molecule has 0 bridgehead atoms. The predicted octanol–water partition coefficient (Wildman–Crippen LogP) is 2.67. The van der Waals surface area contributed by atoms with Crippen molar-refractivity contribution in [3.63, 3.8) is 0 Å². The molecule has 1 aliphatic carbocycles. The van der Waals surface area contributed by atoms with Gasteiger partial charge in [0.25, 0.3) is 5.91 Å². The van der Waals surface area contributed by atoms with Crippen molar-refractivity contribution in [1.29, 1.82) is 0 Å². The quantitative estimate of drug-likeness (QED) is 0.930. The molecule has 1 aliphatic heterocycles. The van der Waals surface area contributed by atoms with Crippen molar-refractivity contribution < 1.29 is 9.53 Å². The first kappa shape index (κ1) is 15.5. The van der Waals surface area contributed by atoms with Crippen LogP contribution in [0.25, 0.3) is 0 Å². The highest BCUT2D eigenvalue weighted by Crippen LogP contribution is 2.27. The number of rotatable bonds is 4.